The molecule has 1 N–H and O–H groups in total. The molecule has 1 aromatic rings. The number of aryl methyl sites for hydroxylation is 3. The van der Waals surface area contributed by atoms with E-state index in [-0.39, 0.29) is 16.9 Å². The van der Waals surface area contributed by atoms with E-state index in [4.69, 9.17) is 0 Å². The Morgan fingerprint density at radius 3 is 2.19 bits per heavy atom. The van der Waals surface area contributed by atoms with Crippen molar-refractivity contribution in [2.45, 2.75) is 73.3 Å². The average molecular weight is 289 g/mol. The van der Waals surface area contributed by atoms with Crippen LogP contribution in [-0.4, -0.2) is 11.4 Å². The van der Waals surface area contributed by atoms with Crippen LogP contribution in [0.5, 0.6) is 0 Å². The minimum absolute atomic E-state index is 0.141. The van der Waals surface area contributed by atoms with E-state index in [0.717, 1.165) is 12.8 Å². The second-order valence-corrected chi connectivity index (χ2v) is 8.09. The molecular formula is C19H31NO. The van der Waals surface area contributed by atoms with Crippen molar-refractivity contribution < 1.29 is 4.79 Å². The summed E-state index contributed by atoms with van der Waals surface area (Å²) in [6.07, 6.45) is 2.32. The van der Waals surface area contributed by atoms with Crippen molar-refractivity contribution in [3.8, 4) is 0 Å². The van der Waals surface area contributed by atoms with Crippen molar-refractivity contribution in [2.24, 2.45) is 5.41 Å². The Labute approximate surface area is 130 Å². The van der Waals surface area contributed by atoms with Gasteiger partial charge in [0.2, 0.25) is 5.91 Å². The predicted molar refractivity (Wildman–Crippen MR) is 90.5 cm³/mol. The lowest BCUT2D eigenvalue weighted by Crippen LogP contribution is -2.45. The van der Waals surface area contributed by atoms with Gasteiger partial charge in [-0.2, -0.15) is 0 Å². The number of carbonyl (C=O) groups excluding carboxylic acids is 1. The van der Waals surface area contributed by atoms with E-state index in [1.807, 2.05) is 0 Å². The summed E-state index contributed by atoms with van der Waals surface area (Å²) in [6.45, 7) is 15.0. The fraction of sp³-hybridized carbons (Fsp3) is 0.632. The van der Waals surface area contributed by atoms with Gasteiger partial charge in [-0.15, -0.1) is 0 Å². The molecule has 0 aliphatic carbocycles. The zero-order chi connectivity index (χ0) is 16.3. The fourth-order valence-corrected chi connectivity index (χ4v) is 3.03. The van der Waals surface area contributed by atoms with Crippen molar-refractivity contribution in [3.63, 3.8) is 0 Å². The maximum Gasteiger partial charge on any atom is 0.220 e. The van der Waals surface area contributed by atoms with Gasteiger partial charge < -0.3 is 5.32 Å². The summed E-state index contributed by atoms with van der Waals surface area (Å²) in [6, 6.07) is 6.44. The van der Waals surface area contributed by atoms with Crippen LogP contribution >= 0.6 is 0 Å². The highest BCUT2D eigenvalue weighted by molar-refractivity contribution is 5.77. The van der Waals surface area contributed by atoms with E-state index < -0.39 is 0 Å². The van der Waals surface area contributed by atoms with Gasteiger partial charge >= 0.3 is 0 Å². The van der Waals surface area contributed by atoms with Crippen molar-refractivity contribution >= 4 is 5.91 Å². The Kier molecular flexibility index (Phi) is 5.61. The third-order valence-electron chi connectivity index (χ3n) is 3.66. The zero-order valence-electron chi connectivity index (χ0n) is 14.8. The topological polar surface area (TPSA) is 29.1 Å². The van der Waals surface area contributed by atoms with Gasteiger partial charge in [-0.3, -0.25) is 4.79 Å². The molecule has 1 rings (SSSR count). The van der Waals surface area contributed by atoms with Crippen LogP contribution in [0.3, 0.4) is 0 Å². The van der Waals surface area contributed by atoms with Gasteiger partial charge in [-0.25, -0.2) is 0 Å². The number of amides is 1. The smallest absolute Gasteiger partial charge is 0.220 e. The molecule has 0 saturated carbocycles. The maximum atomic E-state index is 12.2. The third-order valence-corrected chi connectivity index (χ3v) is 3.66. The van der Waals surface area contributed by atoms with Gasteiger partial charge in [0.15, 0.2) is 0 Å². The van der Waals surface area contributed by atoms with E-state index >= 15 is 0 Å². The van der Waals surface area contributed by atoms with Crippen LogP contribution in [-0.2, 0) is 11.2 Å². The Hall–Kier alpha value is -1.31. The molecule has 1 aromatic carbocycles. The van der Waals surface area contributed by atoms with Gasteiger partial charge in [0.1, 0.15) is 0 Å². The van der Waals surface area contributed by atoms with Crippen LogP contribution in [0.1, 0.15) is 64.2 Å². The number of hydrogen-bond donors (Lipinski definition) is 1. The van der Waals surface area contributed by atoms with Crippen molar-refractivity contribution in [1.29, 1.82) is 0 Å². The lowest BCUT2D eigenvalue weighted by atomic mass is 9.81. The largest absolute Gasteiger partial charge is 0.351 e. The van der Waals surface area contributed by atoms with Crippen LogP contribution in [0.4, 0.5) is 0 Å². The quantitative estimate of drug-likeness (QED) is 0.845. The highest BCUT2D eigenvalue weighted by Crippen LogP contribution is 2.26. The Morgan fingerprint density at radius 2 is 1.67 bits per heavy atom. The number of rotatable bonds is 5. The van der Waals surface area contributed by atoms with E-state index in [1.54, 1.807) is 0 Å². The van der Waals surface area contributed by atoms with Crippen LogP contribution in [0.15, 0.2) is 18.2 Å². The molecule has 0 unspecified atom stereocenters. The second-order valence-electron chi connectivity index (χ2n) is 8.09. The number of benzene rings is 1. The molecule has 118 valence electrons. The monoisotopic (exact) mass is 289 g/mol. The van der Waals surface area contributed by atoms with Crippen LogP contribution in [0.2, 0.25) is 0 Å². The summed E-state index contributed by atoms with van der Waals surface area (Å²) in [7, 11) is 0. The highest BCUT2D eigenvalue weighted by Gasteiger charge is 2.26. The minimum Gasteiger partial charge on any atom is -0.351 e. The summed E-state index contributed by atoms with van der Waals surface area (Å²) in [5.74, 6) is 0.141. The van der Waals surface area contributed by atoms with Crippen LogP contribution in [0.25, 0.3) is 0 Å². The predicted octanol–water partition coefficient (Wildman–Crippen LogP) is 4.57. The van der Waals surface area contributed by atoms with Gasteiger partial charge in [-0.05, 0) is 62.6 Å². The number of hydrogen-bond acceptors (Lipinski definition) is 1. The molecule has 0 aliphatic rings. The second kappa shape index (κ2) is 6.64. The van der Waals surface area contributed by atoms with Crippen molar-refractivity contribution in [2.75, 3.05) is 0 Å². The lowest BCUT2D eigenvalue weighted by Gasteiger charge is -2.33. The Balaban J connectivity index is 2.52. The molecule has 0 atom stereocenters. The zero-order valence-corrected chi connectivity index (χ0v) is 14.8. The molecule has 2 nitrogen and oxygen atoms in total. The number of carbonyl (C=O) groups is 1. The molecule has 1 amide bonds. The van der Waals surface area contributed by atoms with Crippen molar-refractivity contribution in [3.05, 3.63) is 34.9 Å². The lowest BCUT2D eigenvalue weighted by molar-refractivity contribution is -0.122. The SMILES string of the molecule is Cc1ccc(CCC(=O)NC(C)(C)CC(C)(C)C)cc1C. The summed E-state index contributed by atoms with van der Waals surface area (Å²) >= 11 is 0. The molecule has 0 heterocycles. The van der Waals surface area contributed by atoms with Gasteiger partial charge in [0, 0.05) is 12.0 Å². The first-order valence-electron chi connectivity index (χ1n) is 7.86. The molecule has 21 heavy (non-hydrogen) atoms. The molecule has 0 spiro atoms. The summed E-state index contributed by atoms with van der Waals surface area (Å²) < 4.78 is 0. The average Bonchev–Trinajstić information content (AvgIpc) is 2.26. The van der Waals surface area contributed by atoms with E-state index in [0.29, 0.717) is 6.42 Å². The first-order valence-corrected chi connectivity index (χ1v) is 7.86. The van der Waals surface area contributed by atoms with Crippen LogP contribution in [0, 0.1) is 19.3 Å². The maximum absolute atomic E-state index is 12.2. The third kappa shape index (κ3) is 6.79. The van der Waals surface area contributed by atoms with Gasteiger partial charge in [0.05, 0.1) is 0 Å². The van der Waals surface area contributed by atoms with Crippen molar-refractivity contribution in [1.82, 2.24) is 5.32 Å². The summed E-state index contributed by atoms with van der Waals surface area (Å²) in [5.41, 5.74) is 3.89. The Bertz CT molecular complexity index is 495. The fourth-order valence-electron chi connectivity index (χ4n) is 3.03. The van der Waals surface area contributed by atoms with E-state index in [9.17, 15) is 4.79 Å². The molecule has 0 bridgehead atoms. The highest BCUT2D eigenvalue weighted by atomic mass is 16.1. The number of nitrogens with one attached hydrogen (secondary N) is 1. The first kappa shape index (κ1) is 17.7. The molecule has 0 radical (unpaired) electrons. The van der Waals surface area contributed by atoms with Gasteiger partial charge in [-0.1, -0.05) is 39.0 Å². The Morgan fingerprint density at radius 1 is 1.05 bits per heavy atom. The molecule has 0 aliphatic heterocycles. The normalized spacial score (nSPS) is 12.3. The molecular weight excluding hydrogens is 258 g/mol. The van der Waals surface area contributed by atoms with E-state index in [1.165, 1.54) is 16.7 Å². The van der Waals surface area contributed by atoms with Crippen LogP contribution < -0.4 is 5.32 Å². The summed E-state index contributed by atoms with van der Waals surface area (Å²) in [4.78, 5) is 12.2. The molecule has 0 aromatic heterocycles. The first-order chi connectivity index (χ1) is 9.48. The van der Waals surface area contributed by atoms with Gasteiger partial charge in [0.25, 0.3) is 0 Å². The molecule has 2 heteroatoms. The standard InChI is InChI=1S/C19H31NO/c1-14-8-9-16(12-15(14)2)10-11-17(21)20-19(6,7)13-18(3,4)5/h8-9,12H,10-11,13H2,1-7H3,(H,20,21). The minimum atomic E-state index is -0.154. The summed E-state index contributed by atoms with van der Waals surface area (Å²) in [5, 5.41) is 3.17. The molecule has 0 fully saturated rings. The molecule has 0 saturated heterocycles. The van der Waals surface area contributed by atoms with E-state index in [2.05, 4.69) is 72.0 Å².